The van der Waals surface area contributed by atoms with Crippen LogP contribution in [0.2, 0.25) is 0 Å². The van der Waals surface area contributed by atoms with Gasteiger partial charge in [-0.25, -0.2) is 9.37 Å². The molecule has 0 bridgehead atoms. The second-order valence-corrected chi connectivity index (χ2v) is 8.94. The third-order valence-corrected chi connectivity index (χ3v) is 6.34. The van der Waals surface area contributed by atoms with Crippen LogP contribution in [0.3, 0.4) is 0 Å². The molecule has 3 N–H and O–H groups in total. The molecule has 3 aromatic carbocycles. The summed E-state index contributed by atoms with van der Waals surface area (Å²) in [5, 5.41) is 3.51. The highest BCUT2D eigenvalue weighted by Gasteiger charge is 2.27. The lowest BCUT2D eigenvalue weighted by molar-refractivity contribution is -0.132. The highest BCUT2D eigenvalue weighted by Crippen LogP contribution is 2.33. The van der Waals surface area contributed by atoms with E-state index in [0.29, 0.717) is 38.2 Å². The summed E-state index contributed by atoms with van der Waals surface area (Å²) in [7, 11) is 0. The molecule has 2 heterocycles. The van der Waals surface area contributed by atoms with Gasteiger partial charge in [0.05, 0.1) is 6.54 Å². The molecule has 0 spiro atoms. The quantitative estimate of drug-likeness (QED) is 0.376. The summed E-state index contributed by atoms with van der Waals surface area (Å²) in [6.45, 7) is 3.71. The summed E-state index contributed by atoms with van der Waals surface area (Å²) >= 11 is 0. The monoisotopic (exact) mass is 469 g/mol. The summed E-state index contributed by atoms with van der Waals surface area (Å²) in [5.74, 6) is 1.46. The molecule has 1 aliphatic heterocycles. The van der Waals surface area contributed by atoms with E-state index in [2.05, 4.69) is 9.88 Å². The smallest absolute Gasteiger partial charge is 0.223 e. The van der Waals surface area contributed by atoms with E-state index in [-0.39, 0.29) is 11.7 Å². The average Bonchev–Trinajstić information content (AvgIpc) is 3.22. The van der Waals surface area contributed by atoms with Crippen LogP contribution in [0.5, 0.6) is 0 Å². The molecule has 5 rings (SSSR count). The molecule has 1 amide bonds. The maximum atomic E-state index is 13.6. The van der Waals surface area contributed by atoms with E-state index in [1.54, 1.807) is 12.1 Å². The minimum absolute atomic E-state index is 0.0954. The molecule has 0 fully saturated rings. The number of carbonyl (C=O) groups is 1. The zero-order valence-corrected chi connectivity index (χ0v) is 19.7. The van der Waals surface area contributed by atoms with E-state index < -0.39 is 0 Å². The van der Waals surface area contributed by atoms with Gasteiger partial charge < -0.3 is 20.5 Å². The predicted molar refractivity (Wildman–Crippen MR) is 137 cm³/mol. The highest BCUT2D eigenvalue weighted by atomic mass is 19.1. The summed E-state index contributed by atoms with van der Waals surface area (Å²) in [6, 6.07) is 22.2. The molecule has 0 atom stereocenters. The van der Waals surface area contributed by atoms with Gasteiger partial charge in [0.25, 0.3) is 0 Å². The Kier molecular flexibility index (Phi) is 6.23. The number of anilines is 3. The Bertz CT molecular complexity index is 1350. The Morgan fingerprint density at radius 3 is 2.57 bits per heavy atom. The first-order valence-corrected chi connectivity index (χ1v) is 11.8. The second kappa shape index (κ2) is 9.62. The van der Waals surface area contributed by atoms with Gasteiger partial charge in [-0.2, -0.15) is 0 Å². The van der Waals surface area contributed by atoms with Gasteiger partial charge in [-0.3, -0.25) is 4.79 Å². The lowest BCUT2D eigenvalue weighted by Gasteiger charge is -2.28. The van der Waals surface area contributed by atoms with Crippen molar-refractivity contribution in [2.45, 2.75) is 32.9 Å². The molecule has 0 unspecified atom stereocenters. The van der Waals surface area contributed by atoms with Crippen molar-refractivity contribution in [2.24, 2.45) is 0 Å². The number of carbonyl (C=O) groups excluding carboxylic acids is 1. The van der Waals surface area contributed by atoms with E-state index >= 15 is 0 Å². The molecule has 0 aliphatic carbocycles. The van der Waals surface area contributed by atoms with E-state index in [1.165, 1.54) is 17.7 Å². The van der Waals surface area contributed by atoms with Crippen LogP contribution in [0.1, 0.15) is 23.4 Å². The number of aryl methyl sites for hydroxylation is 2. The van der Waals surface area contributed by atoms with Crippen LogP contribution in [0.15, 0.2) is 72.8 Å². The van der Waals surface area contributed by atoms with Crippen LogP contribution in [-0.2, 0) is 24.3 Å². The molecular weight excluding hydrogens is 441 g/mol. The Balaban J connectivity index is 1.39. The number of imidazole rings is 1. The van der Waals surface area contributed by atoms with E-state index in [1.807, 2.05) is 60.4 Å². The van der Waals surface area contributed by atoms with Crippen molar-refractivity contribution >= 4 is 23.1 Å². The summed E-state index contributed by atoms with van der Waals surface area (Å²) in [5.41, 5.74) is 11.3. The minimum atomic E-state index is -0.289. The number of nitrogens with two attached hydrogens (primary N) is 1. The third kappa shape index (κ3) is 5.04. The lowest BCUT2D eigenvalue weighted by Crippen LogP contribution is -2.38. The van der Waals surface area contributed by atoms with Gasteiger partial charge in [0.1, 0.15) is 23.2 Å². The van der Waals surface area contributed by atoms with E-state index in [0.717, 1.165) is 34.2 Å². The summed E-state index contributed by atoms with van der Waals surface area (Å²) in [4.78, 5) is 19.7. The van der Waals surface area contributed by atoms with Gasteiger partial charge >= 0.3 is 0 Å². The molecule has 6 nitrogen and oxygen atoms in total. The fraction of sp³-hybridized carbons (Fsp3) is 0.214. The van der Waals surface area contributed by atoms with Crippen LogP contribution in [-0.4, -0.2) is 26.9 Å². The van der Waals surface area contributed by atoms with E-state index in [9.17, 15) is 9.18 Å². The Morgan fingerprint density at radius 1 is 1.06 bits per heavy atom. The zero-order chi connectivity index (χ0) is 24.4. The fourth-order valence-corrected chi connectivity index (χ4v) is 4.41. The molecule has 1 aliphatic rings. The van der Waals surface area contributed by atoms with Crippen molar-refractivity contribution < 1.29 is 9.18 Å². The van der Waals surface area contributed by atoms with Gasteiger partial charge in [-0.15, -0.1) is 0 Å². The van der Waals surface area contributed by atoms with Gasteiger partial charge in [0.2, 0.25) is 5.91 Å². The Morgan fingerprint density at radius 2 is 1.83 bits per heavy atom. The standard InChI is InChI=1S/C28H28FN5O/c1-19-5-12-24(13-6-19)31-28-27(21-8-10-22(29)11-9-21)32-25-18-33(15-16-34(25)28)26(35)14-7-20-3-2-4-23(30)17-20/h2-6,8-13,17,31H,7,14-16,18,30H2,1H3. The number of aromatic nitrogens is 2. The average molecular weight is 470 g/mol. The number of halogens is 1. The Labute approximate surface area is 204 Å². The Hall–Kier alpha value is -4.13. The van der Waals surface area contributed by atoms with Crippen molar-refractivity contribution in [2.75, 3.05) is 17.6 Å². The first-order valence-electron chi connectivity index (χ1n) is 11.8. The largest absolute Gasteiger partial charge is 0.399 e. The van der Waals surface area contributed by atoms with Crippen molar-refractivity contribution in [3.63, 3.8) is 0 Å². The predicted octanol–water partition coefficient (Wildman–Crippen LogP) is 5.30. The van der Waals surface area contributed by atoms with Crippen LogP contribution in [0, 0.1) is 12.7 Å². The first-order chi connectivity index (χ1) is 17.0. The highest BCUT2D eigenvalue weighted by molar-refractivity contribution is 5.78. The maximum Gasteiger partial charge on any atom is 0.223 e. The van der Waals surface area contributed by atoms with Gasteiger partial charge in [0, 0.05) is 36.4 Å². The normalized spacial score (nSPS) is 12.9. The summed E-state index contributed by atoms with van der Waals surface area (Å²) in [6.07, 6.45) is 1.07. The number of hydrogen-bond donors (Lipinski definition) is 2. The molecule has 0 radical (unpaired) electrons. The van der Waals surface area contributed by atoms with Crippen molar-refractivity contribution in [3.05, 3.63) is 95.6 Å². The number of nitrogens with one attached hydrogen (secondary N) is 1. The van der Waals surface area contributed by atoms with Crippen molar-refractivity contribution in [1.29, 1.82) is 0 Å². The van der Waals surface area contributed by atoms with E-state index in [4.69, 9.17) is 10.7 Å². The molecular formula is C28H28FN5O. The van der Waals surface area contributed by atoms with Crippen molar-refractivity contribution in [1.82, 2.24) is 14.5 Å². The number of nitrogen functional groups attached to an aromatic ring is 1. The second-order valence-electron chi connectivity index (χ2n) is 8.94. The lowest BCUT2D eigenvalue weighted by atomic mass is 10.1. The molecule has 0 saturated heterocycles. The van der Waals surface area contributed by atoms with Gasteiger partial charge in [-0.1, -0.05) is 29.8 Å². The number of amides is 1. The molecule has 4 aromatic rings. The molecule has 0 saturated carbocycles. The SMILES string of the molecule is Cc1ccc(Nc2c(-c3ccc(F)cc3)nc3n2CCN(C(=O)CCc2cccc(N)c2)C3)cc1. The topological polar surface area (TPSA) is 76.2 Å². The van der Waals surface area contributed by atoms with Crippen molar-refractivity contribution in [3.8, 4) is 11.3 Å². The van der Waals surface area contributed by atoms with Gasteiger partial charge in [-0.05, 0) is 67.4 Å². The number of hydrogen-bond acceptors (Lipinski definition) is 4. The van der Waals surface area contributed by atoms with Crippen LogP contribution >= 0.6 is 0 Å². The minimum Gasteiger partial charge on any atom is -0.399 e. The molecule has 178 valence electrons. The maximum absolute atomic E-state index is 13.6. The molecule has 7 heteroatoms. The van der Waals surface area contributed by atoms with Crippen LogP contribution in [0.25, 0.3) is 11.3 Å². The summed E-state index contributed by atoms with van der Waals surface area (Å²) < 4.78 is 15.7. The van der Waals surface area contributed by atoms with Crippen LogP contribution in [0.4, 0.5) is 21.6 Å². The molecule has 1 aromatic heterocycles. The third-order valence-electron chi connectivity index (χ3n) is 6.34. The van der Waals surface area contributed by atoms with Gasteiger partial charge in [0.15, 0.2) is 0 Å². The zero-order valence-electron chi connectivity index (χ0n) is 19.7. The number of rotatable bonds is 6. The number of benzene rings is 3. The number of fused-ring (bicyclic) bond motifs is 1. The number of nitrogens with zero attached hydrogens (tertiary/aromatic N) is 3. The fourth-order valence-electron chi connectivity index (χ4n) is 4.41. The van der Waals surface area contributed by atoms with Crippen LogP contribution < -0.4 is 11.1 Å². The first kappa shape index (κ1) is 22.7. The molecule has 35 heavy (non-hydrogen) atoms.